The Morgan fingerprint density at radius 3 is 2.38 bits per heavy atom. The van der Waals surface area contributed by atoms with E-state index in [9.17, 15) is 9.59 Å². The molecule has 1 aliphatic heterocycles. The van der Waals surface area contributed by atoms with Gasteiger partial charge in [0.2, 0.25) is 5.91 Å². The minimum absolute atomic E-state index is 0.0445. The summed E-state index contributed by atoms with van der Waals surface area (Å²) in [7, 11) is 1.61. The van der Waals surface area contributed by atoms with Crippen molar-refractivity contribution in [3.8, 4) is 5.75 Å². The maximum atomic E-state index is 13.2. The normalized spacial score (nSPS) is 13.7. The molecule has 1 N–H and O–H groups in total. The lowest BCUT2D eigenvalue weighted by Crippen LogP contribution is -2.49. The molecule has 6 nitrogen and oxygen atoms in total. The molecule has 164 valence electrons. The van der Waals surface area contributed by atoms with Crippen molar-refractivity contribution in [1.29, 1.82) is 0 Å². The van der Waals surface area contributed by atoms with E-state index in [1.54, 1.807) is 12.0 Å². The number of hydrogen-bond donors (Lipinski definition) is 1. The van der Waals surface area contributed by atoms with Crippen LogP contribution in [0.1, 0.15) is 17.5 Å². The van der Waals surface area contributed by atoms with Crippen LogP contribution in [0.3, 0.4) is 0 Å². The van der Waals surface area contributed by atoms with Gasteiger partial charge in [0.25, 0.3) is 0 Å². The third-order valence-corrected chi connectivity index (χ3v) is 5.52. The van der Waals surface area contributed by atoms with E-state index < -0.39 is 0 Å². The van der Waals surface area contributed by atoms with Crippen LogP contribution in [-0.4, -0.2) is 37.0 Å². The van der Waals surface area contributed by atoms with Crippen molar-refractivity contribution in [2.45, 2.75) is 19.4 Å². The largest absolute Gasteiger partial charge is 0.497 e. The van der Waals surface area contributed by atoms with E-state index in [1.807, 2.05) is 83.8 Å². The molecule has 0 spiro atoms. The van der Waals surface area contributed by atoms with Crippen LogP contribution in [0.2, 0.25) is 0 Å². The first kappa shape index (κ1) is 21.4. The number of methoxy groups -OCH3 is 1. The molecular formula is C26H27N3O3. The van der Waals surface area contributed by atoms with E-state index in [-0.39, 0.29) is 18.4 Å². The molecule has 1 saturated heterocycles. The SMILES string of the molecule is COc1ccc(CC(=O)Nc2ccccc2N2CCCN(Cc3ccccc3)C2=O)cc1. The number of nitrogens with one attached hydrogen (secondary N) is 1. The minimum Gasteiger partial charge on any atom is -0.497 e. The fourth-order valence-corrected chi connectivity index (χ4v) is 3.89. The number of anilines is 2. The number of nitrogens with zero attached hydrogens (tertiary/aromatic N) is 2. The van der Waals surface area contributed by atoms with Crippen molar-refractivity contribution in [3.63, 3.8) is 0 Å². The number of rotatable bonds is 7. The zero-order chi connectivity index (χ0) is 22.3. The summed E-state index contributed by atoms with van der Waals surface area (Å²) in [5.41, 5.74) is 3.35. The van der Waals surface area contributed by atoms with E-state index in [0.717, 1.165) is 35.5 Å². The highest BCUT2D eigenvalue weighted by Crippen LogP contribution is 2.29. The molecule has 0 aromatic heterocycles. The van der Waals surface area contributed by atoms with Gasteiger partial charge in [0.05, 0.1) is 24.9 Å². The fourth-order valence-electron chi connectivity index (χ4n) is 3.89. The van der Waals surface area contributed by atoms with Gasteiger partial charge in [0.1, 0.15) is 5.75 Å². The highest BCUT2D eigenvalue weighted by Gasteiger charge is 2.28. The first-order chi connectivity index (χ1) is 15.6. The number of amides is 3. The number of carbonyl (C=O) groups excluding carboxylic acids is 2. The van der Waals surface area contributed by atoms with E-state index >= 15 is 0 Å². The van der Waals surface area contributed by atoms with Crippen LogP contribution < -0.4 is 15.0 Å². The maximum Gasteiger partial charge on any atom is 0.324 e. The summed E-state index contributed by atoms with van der Waals surface area (Å²) in [5.74, 6) is 0.622. The molecule has 6 heteroatoms. The van der Waals surface area contributed by atoms with Crippen LogP contribution in [0.15, 0.2) is 78.9 Å². The molecule has 3 amide bonds. The second kappa shape index (κ2) is 10.0. The Morgan fingerprint density at radius 1 is 0.906 bits per heavy atom. The predicted octanol–water partition coefficient (Wildman–Crippen LogP) is 4.71. The fraction of sp³-hybridized carbons (Fsp3) is 0.231. The summed E-state index contributed by atoms with van der Waals surface area (Å²) in [5, 5.41) is 2.99. The molecule has 1 aliphatic rings. The third kappa shape index (κ3) is 5.09. The zero-order valence-corrected chi connectivity index (χ0v) is 18.2. The van der Waals surface area contributed by atoms with Gasteiger partial charge in [-0.3, -0.25) is 9.69 Å². The number of carbonyl (C=O) groups is 2. The monoisotopic (exact) mass is 429 g/mol. The Bertz CT molecular complexity index is 1070. The Hall–Kier alpha value is -3.80. The van der Waals surface area contributed by atoms with E-state index in [1.165, 1.54) is 0 Å². The number of hydrogen-bond acceptors (Lipinski definition) is 3. The smallest absolute Gasteiger partial charge is 0.324 e. The summed E-state index contributed by atoms with van der Waals surface area (Å²) >= 11 is 0. The molecule has 32 heavy (non-hydrogen) atoms. The van der Waals surface area contributed by atoms with Crippen molar-refractivity contribution in [1.82, 2.24) is 4.90 Å². The predicted molar refractivity (Wildman–Crippen MR) is 126 cm³/mol. The van der Waals surface area contributed by atoms with Crippen molar-refractivity contribution in [2.75, 3.05) is 30.4 Å². The van der Waals surface area contributed by atoms with Crippen LogP contribution in [0.25, 0.3) is 0 Å². The number of ether oxygens (including phenoxy) is 1. The Kier molecular flexibility index (Phi) is 6.70. The van der Waals surface area contributed by atoms with Crippen molar-refractivity contribution in [2.24, 2.45) is 0 Å². The molecule has 0 saturated carbocycles. The van der Waals surface area contributed by atoms with Gasteiger partial charge in [-0.1, -0.05) is 54.6 Å². The van der Waals surface area contributed by atoms with Gasteiger partial charge in [-0.15, -0.1) is 0 Å². The standard InChI is InChI=1S/C26H27N3O3/c1-32-22-14-12-20(13-15-22)18-25(30)27-23-10-5-6-11-24(23)29-17-7-16-28(26(29)31)19-21-8-3-2-4-9-21/h2-6,8-15H,7,16-19H2,1H3,(H,27,30). The maximum absolute atomic E-state index is 13.2. The van der Waals surface area contributed by atoms with Gasteiger partial charge < -0.3 is 15.0 Å². The molecule has 0 unspecified atom stereocenters. The van der Waals surface area contributed by atoms with Crippen molar-refractivity contribution < 1.29 is 14.3 Å². The van der Waals surface area contributed by atoms with Crippen LogP contribution >= 0.6 is 0 Å². The minimum atomic E-state index is -0.131. The molecule has 0 atom stereocenters. The van der Waals surface area contributed by atoms with E-state index in [2.05, 4.69) is 5.32 Å². The van der Waals surface area contributed by atoms with Crippen LogP contribution in [0.4, 0.5) is 16.2 Å². The lowest BCUT2D eigenvalue weighted by molar-refractivity contribution is -0.115. The molecule has 1 heterocycles. The molecule has 4 rings (SSSR count). The van der Waals surface area contributed by atoms with Gasteiger partial charge in [0.15, 0.2) is 0 Å². The first-order valence-electron chi connectivity index (χ1n) is 10.8. The molecule has 3 aromatic rings. The Morgan fingerprint density at radius 2 is 1.62 bits per heavy atom. The van der Waals surface area contributed by atoms with Gasteiger partial charge in [-0.05, 0) is 41.8 Å². The van der Waals surface area contributed by atoms with E-state index in [0.29, 0.717) is 18.8 Å². The van der Waals surface area contributed by atoms with Crippen LogP contribution in [0, 0.1) is 0 Å². The van der Waals surface area contributed by atoms with Gasteiger partial charge in [-0.25, -0.2) is 4.79 Å². The second-order valence-electron chi connectivity index (χ2n) is 7.79. The molecule has 1 fully saturated rings. The topological polar surface area (TPSA) is 61.9 Å². The molecular weight excluding hydrogens is 402 g/mol. The first-order valence-corrected chi connectivity index (χ1v) is 10.8. The highest BCUT2D eigenvalue weighted by molar-refractivity contribution is 6.01. The average molecular weight is 430 g/mol. The summed E-state index contributed by atoms with van der Waals surface area (Å²) in [6, 6.07) is 24.8. The quantitative estimate of drug-likeness (QED) is 0.592. The molecule has 0 radical (unpaired) electrons. The molecule has 3 aromatic carbocycles. The molecule has 0 bridgehead atoms. The van der Waals surface area contributed by atoms with Crippen LogP contribution in [0.5, 0.6) is 5.75 Å². The summed E-state index contributed by atoms with van der Waals surface area (Å²) < 4.78 is 5.17. The Labute approximate surface area is 188 Å². The zero-order valence-electron chi connectivity index (χ0n) is 18.2. The number of benzene rings is 3. The average Bonchev–Trinajstić information content (AvgIpc) is 2.82. The van der Waals surface area contributed by atoms with Gasteiger partial charge >= 0.3 is 6.03 Å². The van der Waals surface area contributed by atoms with Gasteiger partial charge in [0, 0.05) is 19.6 Å². The van der Waals surface area contributed by atoms with Gasteiger partial charge in [-0.2, -0.15) is 0 Å². The molecule has 0 aliphatic carbocycles. The number of urea groups is 1. The summed E-state index contributed by atoms with van der Waals surface area (Å²) in [6.07, 6.45) is 1.11. The summed E-state index contributed by atoms with van der Waals surface area (Å²) in [6.45, 7) is 1.91. The van der Waals surface area contributed by atoms with Crippen molar-refractivity contribution in [3.05, 3.63) is 90.0 Å². The lowest BCUT2D eigenvalue weighted by Gasteiger charge is -2.36. The lowest BCUT2D eigenvalue weighted by atomic mass is 10.1. The number of para-hydroxylation sites is 2. The van der Waals surface area contributed by atoms with E-state index in [4.69, 9.17) is 4.74 Å². The summed E-state index contributed by atoms with van der Waals surface area (Å²) in [4.78, 5) is 29.6. The van der Waals surface area contributed by atoms with Crippen LogP contribution in [-0.2, 0) is 17.8 Å². The highest BCUT2D eigenvalue weighted by atomic mass is 16.5. The second-order valence-corrected chi connectivity index (χ2v) is 7.79. The van der Waals surface area contributed by atoms with Crippen molar-refractivity contribution >= 4 is 23.3 Å². The Balaban J connectivity index is 1.47. The third-order valence-electron chi connectivity index (χ3n) is 5.52.